The Morgan fingerprint density at radius 1 is 1.42 bits per heavy atom. The maximum Gasteiger partial charge on any atom is 0.356 e. The van der Waals surface area contributed by atoms with E-state index in [-0.39, 0.29) is 5.69 Å². The second-order valence-corrected chi connectivity index (χ2v) is 2.17. The average molecular weight is 164 g/mol. The lowest BCUT2D eigenvalue weighted by Gasteiger charge is -1.95. The maximum atomic E-state index is 10.6. The summed E-state index contributed by atoms with van der Waals surface area (Å²) in [6, 6.07) is 0. The second kappa shape index (κ2) is 2.26. The zero-order valence-electron chi connectivity index (χ0n) is 5.88. The van der Waals surface area contributed by atoms with Crippen molar-refractivity contribution in [1.82, 2.24) is 19.8 Å². The molecule has 0 amide bonds. The zero-order valence-corrected chi connectivity index (χ0v) is 5.88. The molecule has 0 spiro atoms. The van der Waals surface area contributed by atoms with Crippen molar-refractivity contribution in [3.8, 4) is 0 Å². The van der Waals surface area contributed by atoms with Gasteiger partial charge in [0.05, 0.1) is 18.6 Å². The van der Waals surface area contributed by atoms with E-state index in [1.54, 1.807) is 0 Å². The lowest BCUT2D eigenvalue weighted by molar-refractivity contribution is 0.0686. The number of carboxylic acids is 1. The first-order valence-electron chi connectivity index (χ1n) is 3.17. The van der Waals surface area contributed by atoms with Crippen LogP contribution in [0.2, 0.25) is 0 Å². The molecule has 0 radical (unpaired) electrons. The summed E-state index contributed by atoms with van der Waals surface area (Å²) in [6.45, 7) is 0. The number of hydrogen-bond acceptors (Lipinski definition) is 4. The summed E-state index contributed by atoms with van der Waals surface area (Å²) in [4.78, 5) is 14.3. The summed E-state index contributed by atoms with van der Waals surface area (Å²) >= 11 is 0. The summed E-state index contributed by atoms with van der Waals surface area (Å²) in [5, 5.41) is 15.8. The third kappa shape index (κ3) is 0.815. The van der Waals surface area contributed by atoms with Crippen molar-refractivity contribution < 1.29 is 9.90 Å². The zero-order chi connectivity index (χ0) is 8.55. The van der Waals surface area contributed by atoms with Crippen LogP contribution in [-0.4, -0.2) is 30.9 Å². The molecule has 2 aromatic heterocycles. The Kier molecular flexibility index (Phi) is 1.26. The largest absolute Gasteiger partial charge is 0.476 e. The van der Waals surface area contributed by atoms with E-state index in [9.17, 15) is 4.79 Å². The first-order chi connectivity index (χ1) is 5.79. The number of hydrogen-bond donors (Lipinski definition) is 1. The third-order valence-electron chi connectivity index (χ3n) is 1.43. The SMILES string of the molecule is O=C(O)c1cncc2cnnn12. The summed E-state index contributed by atoms with van der Waals surface area (Å²) in [6.07, 6.45) is 4.16. The van der Waals surface area contributed by atoms with Crippen LogP contribution in [0.15, 0.2) is 18.6 Å². The fourth-order valence-corrected chi connectivity index (χ4v) is 0.903. The van der Waals surface area contributed by atoms with Crippen LogP contribution < -0.4 is 0 Å². The van der Waals surface area contributed by atoms with Gasteiger partial charge in [-0.25, -0.2) is 9.31 Å². The Morgan fingerprint density at radius 3 is 3.00 bits per heavy atom. The monoisotopic (exact) mass is 164 g/mol. The van der Waals surface area contributed by atoms with Gasteiger partial charge in [0.1, 0.15) is 5.52 Å². The van der Waals surface area contributed by atoms with Crippen LogP contribution in [0, 0.1) is 0 Å². The molecule has 1 N–H and O–H groups in total. The van der Waals surface area contributed by atoms with Gasteiger partial charge in [-0.1, -0.05) is 5.21 Å². The van der Waals surface area contributed by atoms with Gasteiger partial charge in [0.25, 0.3) is 0 Å². The van der Waals surface area contributed by atoms with Gasteiger partial charge in [-0.15, -0.1) is 5.10 Å². The van der Waals surface area contributed by atoms with Crippen molar-refractivity contribution in [2.75, 3.05) is 0 Å². The first kappa shape index (κ1) is 6.71. The topological polar surface area (TPSA) is 80.4 Å². The number of carbonyl (C=O) groups is 1. The first-order valence-corrected chi connectivity index (χ1v) is 3.17. The quantitative estimate of drug-likeness (QED) is 0.632. The van der Waals surface area contributed by atoms with Crippen LogP contribution >= 0.6 is 0 Å². The molecule has 6 nitrogen and oxygen atoms in total. The molecule has 0 aliphatic heterocycles. The highest BCUT2D eigenvalue weighted by Gasteiger charge is 2.08. The highest BCUT2D eigenvalue weighted by atomic mass is 16.4. The maximum absolute atomic E-state index is 10.6. The van der Waals surface area contributed by atoms with Gasteiger partial charge in [-0.3, -0.25) is 4.98 Å². The normalized spacial score (nSPS) is 10.3. The predicted molar refractivity (Wildman–Crippen MR) is 37.7 cm³/mol. The van der Waals surface area contributed by atoms with Gasteiger partial charge < -0.3 is 5.11 Å². The number of fused-ring (bicyclic) bond motifs is 1. The molecule has 6 heteroatoms. The number of nitrogens with zero attached hydrogens (tertiary/aromatic N) is 4. The highest BCUT2D eigenvalue weighted by molar-refractivity contribution is 5.85. The molecule has 0 saturated carbocycles. The molecular formula is C6H4N4O2. The standard InChI is InChI=1S/C6H4N4O2/c11-6(12)5-3-7-1-4-2-8-9-10(4)5/h1-3H,(H,11,12). The molecule has 12 heavy (non-hydrogen) atoms. The smallest absolute Gasteiger partial charge is 0.356 e. The Labute approximate surface area is 66.5 Å². The Bertz CT molecular complexity index is 436. The van der Waals surface area contributed by atoms with Crippen LogP contribution in [-0.2, 0) is 0 Å². The van der Waals surface area contributed by atoms with Gasteiger partial charge in [-0.2, -0.15) is 0 Å². The lowest BCUT2D eigenvalue weighted by atomic mass is 10.4. The molecule has 0 atom stereocenters. The molecule has 2 rings (SSSR count). The molecule has 0 fully saturated rings. The van der Waals surface area contributed by atoms with E-state index in [4.69, 9.17) is 5.11 Å². The number of aromatic nitrogens is 4. The molecule has 0 unspecified atom stereocenters. The number of carboxylic acid groups (broad SMARTS) is 1. The molecule has 0 saturated heterocycles. The number of aromatic carboxylic acids is 1. The van der Waals surface area contributed by atoms with E-state index in [0.717, 1.165) is 0 Å². The molecule has 0 bridgehead atoms. The van der Waals surface area contributed by atoms with Crippen LogP contribution in [0.1, 0.15) is 10.5 Å². The van der Waals surface area contributed by atoms with Gasteiger partial charge in [0.2, 0.25) is 0 Å². The van der Waals surface area contributed by atoms with Crippen molar-refractivity contribution in [3.63, 3.8) is 0 Å². The minimum Gasteiger partial charge on any atom is -0.476 e. The summed E-state index contributed by atoms with van der Waals surface area (Å²) in [5.74, 6) is -1.07. The van der Waals surface area contributed by atoms with Crippen LogP contribution in [0.3, 0.4) is 0 Å². The van der Waals surface area contributed by atoms with E-state index < -0.39 is 5.97 Å². The molecule has 0 aliphatic carbocycles. The molecule has 2 aromatic rings. The summed E-state index contributed by atoms with van der Waals surface area (Å²) in [5.41, 5.74) is 0.569. The molecule has 0 aliphatic rings. The van der Waals surface area contributed by atoms with E-state index >= 15 is 0 Å². The van der Waals surface area contributed by atoms with E-state index in [2.05, 4.69) is 15.3 Å². The van der Waals surface area contributed by atoms with Crippen molar-refractivity contribution in [1.29, 1.82) is 0 Å². The molecule has 2 heterocycles. The predicted octanol–water partition coefficient (Wildman–Crippen LogP) is -0.177. The van der Waals surface area contributed by atoms with Crippen molar-refractivity contribution >= 4 is 11.5 Å². The lowest BCUT2D eigenvalue weighted by Crippen LogP contribution is -2.06. The fraction of sp³-hybridized carbons (Fsp3) is 0. The second-order valence-electron chi connectivity index (χ2n) is 2.17. The molecule has 60 valence electrons. The van der Waals surface area contributed by atoms with Crippen LogP contribution in [0.4, 0.5) is 0 Å². The van der Waals surface area contributed by atoms with Gasteiger partial charge >= 0.3 is 5.97 Å². The Morgan fingerprint density at radius 2 is 2.25 bits per heavy atom. The van der Waals surface area contributed by atoms with Crippen LogP contribution in [0.25, 0.3) is 5.52 Å². The number of rotatable bonds is 1. The van der Waals surface area contributed by atoms with Crippen LogP contribution in [0.5, 0.6) is 0 Å². The average Bonchev–Trinajstić information content (AvgIpc) is 2.49. The minimum absolute atomic E-state index is 0.00463. The Balaban J connectivity index is 2.82. The fourth-order valence-electron chi connectivity index (χ4n) is 0.903. The molecule has 0 aromatic carbocycles. The van der Waals surface area contributed by atoms with E-state index in [1.165, 1.54) is 23.1 Å². The van der Waals surface area contributed by atoms with Crippen molar-refractivity contribution in [2.24, 2.45) is 0 Å². The summed E-state index contributed by atoms with van der Waals surface area (Å²) in [7, 11) is 0. The Hall–Kier alpha value is -1.98. The highest BCUT2D eigenvalue weighted by Crippen LogP contribution is 2.01. The third-order valence-corrected chi connectivity index (χ3v) is 1.43. The van der Waals surface area contributed by atoms with Gasteiger partial charge in [0, 0.05) is 0 Å². The molecular weight excluding hydrogens is 160 g/mol. The minimum atomic E-state index is -1.07. The van der Waals surface area contributed by atoms with Crippen molar-refractivity contribution in [2.45, 2.75) is 0 Å². The van der Waals surface area contributed by atoms with E-state index in [0.29, 0.717) is 5.52 Å². The van der Waals surface area contributed by atoms with Gasteiger partial charge in [-0.05, 0) is 0 Å². The van der Waals surface area contributed by atoms with Gasteiger partial charge in [0.15, 0.2) is 5.69 Å². The van der Waals surface area contributed by atoms with E-state index in [1.807, 2.05) is 0 Å². The summed E-state index contributed by atoms with van der Waals surface area (Å²) < 4.78 is 1.22. The van der Waals surface area contributed by atoms with Crippen molar-refractivity contribution in [3.05, 3.63) is 24.3 Å².